The quantitative estimate of drug-likeness (QED) is 0.646. The highest BCUT2D eigenvalue weighted by Crippen LogP contribution is 2.15. The minimum atomic E-state index is 0.449. The van der Waals surface area contributed by atoms with E-state index in [1.54, 1.807) is 25.7 Å². The largest absolute Gasteiger partial charge is 0.481 e. The van der Waals surface area contributed by atoms with Crippen LogP contribution in [-0.4, -0.2) is 59.1 Å². The number of aromatic nitrogens is 3. The van der Waals surface area contributed by atoms with Crippen LogP contribution >= 0.6 is 0 Å². The van der Waals surface area contributed by atoms with Crippen molar-refractivity contribution in [2.45, 2.75) is 6.54 Å². The van der Waals surface area contributed by atoms with Gasteiger partial charge in [-0.05, 0) is 12.1 Å². The number of hydrogen-bond acceptors (Lipinski definition) is 6. The lowest BCUT2D eigenvalue weighted by atomic mass is 10.3. The summed E-state index contributed by atoms with van der Waals surface area (Å²) in [5.74, 6) is 1.88. The third-order valence-corrected chi connectivity index (χ3v) is 3.89. The van der Waals surface area contributed by atoms with Crippen LogP contribution in [0.5, 0.6) is 5.88 Å². The highest BCUT2D eigenvalue weighted by molar-refractivity contribution is 5.78. The van der Waals surface area contributed by atoms with E-state index in [-0.39, 0.29) is 0 Å². The molecule has 0 radical (unpaired) electrons. The maximum atomic E-state index is 6.14. The minimum absolute atomic E-state index is 0.449. The Labute approximate surface area is 141 Å². The van der Waals surface area contributed by atoms with Gasteiger partial charge in [0.25, 0.3) is 0 Å². The molecular weight excluding hydrogens is 306 g/mol. The van der Waals surface area contributed by atoms with Crippen molar-refractivity contribution in [2.75, 3.05) is 38.2 Å². The van der Waals surface area contributed by atoms with E-state index in [0.29, 0.717) is 18.4 Å². The third kappa shape index (κ3) is 3.70. The van der Waals surface area contributed by atoms with Gasteiger partial charge in [-0.25, -0.2) is 19.9 Å². The number of pyridine rings is 1. The fourth-order valence-corrected chi connectivity index (χ4v) is 2.58. The van der Waals surface area contributed by atoms with Crippen LogP contribution in [0.1, 0.15) is 5.56 Å². The number of anilines is 1. The monoisotopic (exact) mass is 327 g/mol. The number of hydrogen-bond donors (Lipinski definition) is 1. The van der Waals surface area contributed by atoms with Crippen molar-refractivity contribution in [3.63, 3.8) is 0 Å². The van der Waals surface area contributed by atoms with Crippen molar-refractivity contribution in [1.82, 2.24) is 19.9 Å². The van der Waals surface area contributed by atoms with Gasteiger partial charge in [0.05, 0.1) is 13.7 Å². The molecule has 0 aliphatic carbocycles. The molecule has 0 saturated carbocycles. The summed E-state index contributed by atoms with van der Waals surface area (Å²) in [5.41, 5.74) is 7.05. The molecule has 8 heteroatoms. The molecule has 0 bridgehead atoms. The zero-order valence-electron chi connectivity index (χ0n) is 13.7. The predicted molar refractivity (Wildman–Crippen MR) is 91.9 cm³/mol. The fourth-order valence-electron chi connectivity index (χ4n) is 2.58. The lowest BCUT2D eigenvalue weighted by Gasteiger charge is -2.35. The summed E-state index contributed by atoms with van der Waals surface area (Å²) in [6.45, 7) is 3.66. The second-order valence-electron chi connectivity index (χ2n) is 5.37. The van der Waals surface area contributed by atoms with Gasteiger partial charge in [0.2, 0.25) is 11.8 Å². The summed E-state index contributed by atoms with van der Waals surface area (Å²) in [5, 5.41) is 0. The molecule has 3 rings (SSSR count). The first-order valence-electron chi connectivity index (χ1n) is 7.82. The van der Waals surface area contributed by atoms with E-state index >= 15 is 0 Å². The molecule has 1 aliphatic heterocycles. The van der Waals surface area contributed by atoms with Crippen molar-refractivity contribution in [3.05, 3.63) is 42.4 Å². The molecule has 0 amide bonds. The topological polar surface area (TPSA) is 92.8 Å². The van der Waals surface area contributed by atoms with Gasteiger partial charge < -0.3 is 20.3 Å². The van der Waals surface area contributed by atoms with Gasteiger partial charge in [-0.3, -0.25) is 0 Å². The molecule has 0 atom stereocenters. The van der Waals surface area contributed by atoms with Crippen molar-refractivity contribution in [2.24, 2.45) is 10.7 Å². The Morgan fingerprint density at radius 2 is 1.83 bits per heavy atom. The number of nitrogens with zero attached hydrogens (tertiary/aromatic N) is 6. The van der Waals surface area contributed by atoms with Crippen LogP contribution in [0.25, 0.3) is 0 Å². The summed E-state index contributed by atoms with van der Waals surface area (Å²) < 4.78 is 5.23. The first-order chi connectivity index (χ1) is 11.8. The summed E-state index contributed by atoms with van der Waals surface area (Å²) in [6, 6.07) is 5.62. The predicted octanol–water partition coefficient (Wildman–Crippen LogP) is 0.517. The second kappa shape index (κ2) is 7.58. The number of nitrogens with two attached hydrogens (primary N) is 1. The molecule has 2 aromatic heterocycles. The molecule has 126 valence electrons. The van der Waals surface area contributed by atoms with E-state index < -0.39 is 0 Å². The Kier molecular flexibility index (Phi) is 5.05. The van der Waals surface area contributed by atoms with E-state index in [2.05, 4.69) is 29.7 Å². The standard InChI is InChI=1S/C16H21N7O/c1-24-14-13(4-2-5-18-14)12-21-15(17)22-8-10-23(11-9-22)16-19-6-3-7-20-16/h2-7H,8-12H2,1H3,(H2,17,21). The molecule has 8 nitrogen and oxygen atoms in total. The Balaban J connectivity index is 1.57. The average Bonchev–Trinajstić information content (AvgIpc) is 2.67. The summed E-state index contributed by atoms with van der Waals surface area (Å²) in [4.78, 5) is 21.4. The van der Waals surface area contributed by atoms with Crippen LogP contribution in [0.3, 0.4) is 0 Å². The first-order valence-corrected chi connectivity index (χ1v) is 7.82. The molecular formula is C16H21N7O. The van der Waals surface area contributed by atoms with E-state index in [9.17, 15) is 0 Å². The Bertz CT molecular complexity index is 684. The molecule has 1 aliphatic rings. The molecule has 24 heavy (non-hydrogen) atoms. The molecule has 0 aromatic carbocycles. The Morgan fingerprint density at radius 3 is 2.54 bits per heavy atom. The smallest absolute Gasteiger partial charge is 0.225 e. The van der Waals surface area contributed by atoms with Crippen LogP contribution < -0.4 is 15.4 Å². The number of ether oxygens (including phenoxy) is 1. The molecule has 0 spiro atoms. The van der Waals surface area contributed by atoms with Crippen molar-refractivity contribution in [1.29, 1.82) is 0 Å². The number of methoxy groups -OCH3 is 1. The van der Waals surface area contributed by atoms with Crippen LogP contribution in [0.15, 0.2) is 41.8 Å². The van der Waals surface area contributed by atoms with E-state index in [4.69, 9.17) is 10.5 Å². The molecule has 3 heterocycles. The first kappa shape index (κ1) is 16.0. The van der Waals surface area contributed by atoms with Crippen molar-refractivity contribution in [3.8, 4) is 5.88 Å². The zero-order valence-corrected chi connectivity index (χ0v) is 13.7. The lowest BCUT2D eigenvalue weighted by molar-refractivity contribution is 0.377. The SMILES string of the molecule is COc1ncccc1CN=C(N)N1CCN(c2ncccn2)CC1. The second-order valence-corrected chi connectivity index (χ2v) is 5.37. The molecule has 0 unspecified atom stereocenters. The molecule has 1 fully saturated rings. The van der Waals surface area contributed by atoms with E-state index in [0.717, 1.165) is 37.7 Å². The zero-order chi connectivity index (χ0) is 16.8. The Morgan fingerprint density at radius 1 is 1.12 bits per heavy atom. The number of guanidine groups is 1. The van der Waals surface area contributed by atoms with Gasteiger partial charge in [0.1, 0.15) is 0 Å². The summed E-state index contributed by atoms with van der Waals surface area (Å²) in [6.07, 6.45) is 5.21. The molecule has 2 aromatic rings. The van der Waals surface area contributed by atoms with Crippen LogP contribution in [0.4, 0.5) is 5.95 Å². The van der Waals surface area contributed by atoms with Crippen molar-refractivity contribution >= 4 is 11.9 Å². The van der Waals surface area contributed by atoms with Gasteiger partial charge >= 0.3 is 0 Å². The van der Waals surface area contributed by atoms with Gasteiger partial charge in [-0.2, -0.15) is 0 Å². The van der Waals surface area contributed by atoms with Crippen molar-refractivity contribution < 1.29 is 4.74 Å². The average molecular weight is 327 g/mol. The molecule has 2 N–H and O–H groups in total. The summed E-state index contributed by atoms with van der Waals surface area (Å²) >= 11 is 0. The van der Waals surface area contributed by atoms with Crippen LogP contribution in [0.2, 0.25) is 0 Å². The fraction of sp³-hybridized carbons (Fsp3) is 0.375. The molecule has 1 saturated heterocycles. The van der Waals surface area contributed by atoms with Gasteiger partial charge in [0, 0.05) is 50.3 Å². The van der Waals surface area contributed by atoms with E-state index in [1.165, 1.54) is 0 Å². The third-order valence-electron chi connectivity index (χ3n) is 3.89. The number of piperazine rings is 1. The maximum Gasteiger partial charge on any atom is 0.225 e. The highest BCUT2D eigenvalue weighted by atomic mass is 16.5. The number of aliphatic imine (C=N–C) groups is 1. The van der Waals surface area contributed by atoms with Crippen LogP contribution in [0, 0.1) is 0 Å². The van der Waals surface area contributed by atoms with E-state index in [1.807, 2.05) is 18.2 Å². The minimum Gasteiger partial charge on any atom is -0.481 e. The normalized spacial score (nSPS) is 15.5. The van der Waals surface area contributed by atoms with Gasteiger partial charge in [-0.15, -0.1) is 0 Å². The highest BCUT2D eigenvalue weighted by Gasteiger charge is 2.19. The summed E-state index contributed by atoms with van der Waals surface area (Å²) in [7, 11) is 1.60. The van der Waals surface area contributed by atoms with Gasteiger partial charge in [-0.1, -0.05) is 6.07 Å². The van der Waals surface area contributed by atoms with Gasteiger partial charge in [0.15, 0.2) is 5.96 Å². The number of rotatable bonds is 4. The van der Waals surface area contributed by atoms with Crippen LogP contribution in [-0.2, 0) is 6.54 Å². The Hall–Kier alpha value is -2.90. The lowest BCUT2D eigenvalue weighted by Crippen LogP contribution is -2.51. The maximum absolute atomic E-state index is 6.14.